The predicted octanol–water partition coefficient (Wildman–Crippen LogP) is 3.39. The zero-order valence-corrected chi connectivity index (χ0v) is 14.4. The van der Waals surface area contributed by atoms with Gasteiger partial charge in [-0.25, -0.2) is 13.4 Å². The maximum absolute atomic E-state index is 11.9. The molecule has 1 fully saturated rings. The van der Waals surface area contributed by atoms with Gasteiger partial charge in [0.05, 0.1) is 17.6 Å². The molecule has 0 aliphatic heterocycles. The van der Waals surface area contributed by atoms with Gasteiger partial charge in [-0.1, -0.05) is 32.6 Å². The van der Waals surface area contributed by atoms with E-state index in [1.807, 2.05) is 13.0 Å². The van der Waals surface area contributed by atoms with Crippen molar-refractivity contribution in [2.75, 3.05) is 22.4 Å². The lowest BCUT2D eigenvalue weighted by atomic mass is 9.94. The smallest absolute Gasteiger partial charge is 0.232 e. The molecule has 1 aromatic rings. The van der Waals surface area contributed by atoms with Crippen LogP contribution in [0.3, 0.4) is 0 Å². The van der Waals surface area contributed by atoms with Crippen LogP contribution in [0.4, 0.5) is 11.5 Å². The second kappa shape index (κ2) is 7.81. The van der Waals surface area contributed by atoms with Crippen molar-refractivity contribution in [1.82, 2.24) is 4.98 Å². The van der Waals surface area contributed by atoms with E-state index in [0.29, 0.717) is 18.2 Å². The largest absolute Gasteiger partial charge is 0.357 e. The molecule has 1 aliphatic rings. The Bertz CT molecular complexity index is 551. The van der Waals surface area contributed by atoms with Crippen molar-refractivity contribution in [1.29, 1.82) is 0 Å². The maximum Gasteiger partial charge on any atom is 0.232 e. The number of hydrogen-bond acceptors (Lipinski definition) is 4. The van der Waals surface area contributed by atoms with E-state index in [1.165, 1.54) is 32.1 Å². The van der Waals surface area contributed by atoms with Crippen LogP contribution in [-0.4, -0.2) is 32.2 Å². The number of rotatable bonds is 7. The highest BCUT2D eigenvalue weighted by Crippen LogP contribution is 2.25. The van der Waals surface area contributed by atoms with E-state index >= 15 is 0 Å². The third-order valence-electron chi connectivity index (χ3n) is 4.27. The average molecular weight is 325 g/mol. The topological polar surface area (TPSA) is 62.3 Å². The molecule has 0 saturated heterocycles. The highest BCUT2D eigenvalue weighted by Gasteiger charge is 2.19. The van der Waals surface area contributed by atoms with Gasteiger partial charge in [-0.2, -0.15) is 0 Å². The summed E-state index contributed by atoms with van der Waals surface area (Å²) in [4.78, 5) is 6.63. The fourth-order valence-corrected chi connectivity index (χ4v) is 4.13. The Morgan fingerprint density at radius 2 is 2.00 bits per heavy atom. The summed E-state index contributed by atoms with van der Waals surface area (Å²) >= 11 is 0. The fraction of sp³-hybridized carbons (Fsp3) is 0.688. The molecule has 0 atom stereocenters. The molecule has 0 amide bonds. The second-order valence-electron chi connectivity index (χ2n) is 6.08. The molecular formula is C16H27N3O2S. The molecule has 0 spiro atoms. The maximum atomic E-state index is 11.9. The minimum Gasteiger partial charge on any atom is -0.357 e. The van der Waals surface area contributed by atoms with Gasteiger partial charge in [-0.3, -0.25) is 4.72 Å². The minimum atomic E-state index is -3.25. The Kier molecular flexibility index (Phi) is 6.06. The zero-order valence-electron chi connectivity index (χ0n) is 13.6. The molecule has 1 aromatic heterocycles. The first-order valence-electron chi connectivity index (χ1n) is 8.21. The van der Waals surface area contributed by atoms with Crippen LogP contribution in [0.25, 0.3) is 0 Å². The summed E-state index contributed by atoms with van der Waals surface area (Å²) in [5, 5.41) is 0. The highest BCUT2D eigenvalue weighted by atomic mass is 32.2. The van der Waals surface area contributed by atoms with E-state index in [2.05, 4.69) is 21.7 Å². The average Bonchev–Trinajstić information content (AvgIpc) is 2.53. The van der Waals surface area contributed by atoms with Crippen molar-refractivity contribution in [2.24, 2.45) is 0 Å². The van der Waals surface area contributed by atoms with Crippen LogP contribution in [0.2, 0.25) is 0 Å². The quantitative estimate of drug-likeness (QED) is 0.834. The third-order valence-corrected chi connectivity index (χ3v) is 5.64. The normalized spacial score (nSPS) is 16.5. The van der Waals surface area contributed by atoms with Gasteiger partial charge in [-0.05, 0) is 31.4 Å². The third kappa shape index (κ3) is 4.87. The number of nitrogens with zero attached hydrogens (tertiary/aromatic N) is 2. The monoisotopic (exact) mass is 325 g/mol. The number of aromatic nitrogens is 1. The van der Waals surface area contributed by atoms with Crippen LogP contribution in [0.15, 0.2) is 18.3 Å². The van der Waals surface area contributed by atoms with Gasteiger partial charge in [0, 0.05) is 13.1 Å². The van der Waals surface area contributed by atoms with Crippen LogP contribution >= 0.6 is 0 Å². The summed E-state index contributed by atoms with van der Waals surface area (Å²) in [5.74, 6) is 1.07. The van der Waals surface area contributed by atoms with Crippen LogP contribution in [0, 0.1) is 0 Å². The Morgan fingerprint density at radius 1 is 1.27 bits per heavy atom. The van der Waals surface area contributed by atoms with Gasteiger partial charge in [0.25, 0.3) is 0 Å². The summed E-state index contributed by atoms with van der Waals surface area (Å²) in [7, 11) is -1.18. The van der Waals surface area contributed by atoms with Crippen molar-refractivity contribution >= 4 is 21.5 Å². The van der Waals surface area contributed by atoms with Crippen LogP contribution in [-0.2, 0) is 10.0 Å². The standard InChI is InChI=1S/C16H27N3O2S/c1-3-4-12-22(20,21)18-14-10-11-16(17-13-14)19(2)15-8-6-5-7-9-15/h10-11,13,15,18H,3-9,12H2,1-2H3. The molecule has 0 bridgehead atoms. The van der Waals surface area contributed by atoms with E-state index in [4.69, 9.17) is 0 Å². The molecule has 2 rings (SSSR count). The number of hydrogen-bond donors (Lipinski definition) is 1. The summed E-state index contributed by atoms with van der Waals surface area (Å²) in [6.45, 7) is 1.98. The first-order valence-corrected chi connectivity index (χ1v) is 9.86. The number of anilines is 2. The number of pyridine rings is 1. The zero-order chi connectivity index (χ0) is 16.0. The van der Waals surface area contributed by atoms with Gasteiger partial charge in [0.1, 0.15) is 5.82 Å². The van der Waals surface area contributed by atoms with Crippen molar-refractivity contribution in [3.05, 3.63) is 18.3 Å². The van der Waals surface area contributed by atoms with Crippen molar-refractivity contribution in [2.45, 2.75) is 57.9 Å². The Labute approximate surface area is 134 Å². The van der Waals surface area contributed by atoms with Crippen molar-refractivity contribution < 1.29 is 8.42 Å². The first-order chi connectivity index (χ1) is 10.5. The van der Waals surface area contributed by atoms with E-state index < -0.39 is 10.0 Å². The number of nitrogens with one attached hydrogen (secondary N) is 1. The predicted molar refractivity (Wildman–Crippen MR) is 91.8 cm³/mol. The summed E-state index contributed by atoms with van der Waals surface area (Å²) in [6, 6.07) is 4.24. The van der Waals surface area contributed by atoms with E-state index in [0.717, 1.165) is 12.2 Å². The van der Waals surface area contributed by atoms with Crippen LogP contribution in [0.5, 0.6) is 0 Å². The number of unbranched alkanes of at least 4 members (excludes halogenated alkanes) is 1. The Morgan fingerprint density at radius 3 is 2.59 bits per heavy atom. The first kappa shape index (κ1) is 17.1. The van der Waals surface area contributed by atoms with E-state index in [9.17, 15) is 8.42 Å². The van der Waals surface area contributed by atoms with Gasteiger partial charge < -0.3 is 4.90 Å². The lowest BCUT2D eigenvalue weighted by Crippen LogP contribution is -2.33. The fourth-order valence-electron chi connectivity index (χ4n) is 2.88. The molecule has 22 heavy (non-hydrogen) atoms. The summed E-state index contributed by atoms with van der Waals surface area (Å²) in [6.07, 6.45) is 9.46. The minimum absolute atomic E-state index is 0.160. The molecule has 6 heteroatoms. The molecule has 0 aromatic carbocycles. The van der Waals surface area contributed by atoms with Gasteiger partial charge >= 0.3 is 0 Å². The molecular weight excluding hydrogens is 298 g/mol. The Hall–Kier alpha value is -1.30. The summed E-state index contributed by atoms with van der Waals surface area (Å²) in [5.41, 5.74) is 0.539. The lowest BCUT2D eigenvalue weighted by Gasteiger charge is -2.32. The van der Waals surface area contributed by atoms with E-state index in [-0.39, 0.29) is 5.75 Å². The molecule has 1 aliphatic carbocycles. The molecule has 1 heterocycles. The van der Waals surface area contributed by atoms with Crippen LogP contribution in [0.1, 0.15) is 51.9 Å². The molecule has 0 radical (unpaired) electrons. The molecule has 5 nitrogen and oxygen atoms in total. The molecule has 124 valence electrons. The molecule has 0 unspecified atom stereocenters. The summed E-state index contributed by atoms with van der Waals surface area (Å²) < 4.78 is 26.3. The molecule has 1 saturated carbocycles. The van der Waals surface area contributed by atoms with Gasteiger partial charge in [-0.15, -0.1) is 0 Å². The van der Waals surface area contributed by atoms with Crippen molar-refractivity contribution in [3.8, 4) is 0 Å². The van der Waals surface area contributed by atoms with Crippen LogP contribution < -0.4 is 9.62 Å². The second-order valence-corrected chi connectivity index (χ2v) is 7.92. The molecule has 1 N–H and O–H groups in total. The lowest BCUT2D eigenvalue weighted by molar-refractivity contribution is 0.426. The Balaban J connectivity index is 1.97. The SMILES string of the molecule is CCCCS(=O)(=O)Nc1ccc(N(C)C2CCCCC2)nc1. The van der Waals surface area contributed by atoms with Crippen molar-refractivity contribution in [3.63, 3.8) is 0 Å². The van der Waals surface area contributed by atoms with Gasteiger partial charge in [0.2, 0.25) is 10.0 Å². The number of sulfonamides is 1. The van der Waals surface area contributed by atoms with Gasteiger partial charge in [0.15, 0.2) is 0 Å². The van der Waals surface area contributed by atoms with E-state index in [1.54, 1.807) is 12.3 Å². The highest BCUT2D eigenvalue weighted by molar-refractivity contribution is 7.92.